The van der Waals surface area contributed by atoms with Crippen LogP contribution in [0.2, 0.25) is 0 Å². The molecule has 4 amide bonds. The van der Waals surface area contributed by atoms with Crippen LogP contribution in [0.15, 0.2) is 66.4 Å². The Morgan fingerprint density at radius 2 is 0.946 bits per heavy atom. The van der Waals surface area contributed by atoms with Crippen LogP contribution in [-0.4, -0.2) is 169 Å². The minimum atomic E-state index is -4.47. The Balaban J connectivity index is 1.10. The van der Waals surface area contributed by atoms with Crippen LogP contribution in [0.4, 0.5) is 17.1 Å². The molecule has 5 aliphatic rings. The summed E-state index contributed by atoms with van der Waals surface area (Å²) in [5.41, 5.74) is -0.391. The first-order valence-electron chi connectivity index (χ1n) is 30.2. The molecule has 0 spiro atoms. The third-order valence-corrected chi connectivity index (χ3v) is 20.8. The number of hydroxylamine groups is 4. The van der Waals surface area contributed by atoms with E-state index in [1.807, 2.05) is 33.1 Å². The smallest absolute Gasteiger partial charge is 0.333 e. The van der Waals surface area contributed by atoms with Gasteiger partial charge in [0.2, 0.25) is 16.8 Å². The molecule has 32 heteroatoms. The van der Waals surface area contributed by atoms with Crippen molar-refractivity contribution in [3.05, 3.63) is 82.6 Å². The number of ketones is 1. The number of nitrogens with zero attached hydrogens (tertiary/aromatic N) is 6. The molecule has 0 saturated carbocycles. The van der Waals surface area contributed by atoms with Gasteiger partial charge in [0.25, 0.3) is 64.1 Å². The van der Waals surface area contributed by atoms with E-state index in [1.165, 1.54) is 0 Å². The summed E-state index contributed by atoms with van der Waals surface area (Å²) in [6.07, 6.45) is 1.90. The van der Waals surface area contributed by atoms with Crippen LogP contribution < -0.4 is 29.9 Å². The maximum absolute atomic E-state index is 15.1. The van der Waals surface area contributed by atoms with Crippen molar-refractivity contribution in [2.45, 2.75) is 141 Å². The quantitative estimate of drug-likeness (QED) is 0.0203. The number of unbranched alkanes of at least 4 members (excludes halogenated alkanes) is 4. The fourth-order valence-electron chi connectivity index (χ4n) is 13.3. The highest BCUT2D eigenvalue weighted by molar-refractivity contribution is 7.86. The van der Waals surface area contributed by atoms with Gasteiger partial charge in [0.05, 0.1) is 45.2 Å². The first-order valence-corrected chi connectivity index (χ1v) is 36.7. The number of benzene rings is 4. The minimum absolute atomic E-state index is 0.00967. The van der Waals surface area contributed by atoms with E-state index >= 15 is 4.79 Å². The van der Waals surface area contributed by atoms with E-state index in [1.54, 1.807) is 60.7 Å². The fraction of sp³-hybridized carbons (Fsp3) is 0.500. The number of carbonyl (C=O) groups is 7. The summed E-state index contributed by atoms with van der Waals surface area (Å²) in [5, 5.41) is 16.1. The molecule has 4 aromatic rings. The third-order valence-electron chi connectivity index (χ3n) is 17.5. The lowest BCUT2D eigenvalue weighted by atomic mass is 9.79. The number of carbonyl (C=O) groups excluding carboxylic acids is 7. The van der Waals surface area contributed by atoms with Crippen LogP contribution in [0.5, 0.6) is 0 Å². The normalized spacial score (nSPS) is 20.2. The zero-order chi connectivity index (χ0) is 66.9. The highest BCUT2D eigenvalue weighted by Crippen LogP contribution is 2.51. The summed E-state index contributed by atoms with van der Waals surface area (Å²) in [6, 6.07) is 17.2. The van der Waals surface area contributed by atoms with E-state index < -0.39 is 116 Å². The number of Topliss-reactive ketones (excluding diaryl/α,β-unsaturated/α-hetero) is 1. The number of allylic oxidation sites excluding steroid dienone is 2. The molecule has 1 aliphatic carbocycles. The van der Waals surface area contributed by atoms with Crippen molar-refractivity contribution in [2.24, 2.45) is 0 Å². The van der Waals surface area contributed by atoms with Crippen molar-refractivity contribution >= 4 is 132 Å². The maximum atomic E-state index is 15.1. The Kier molecular flexibility index (Phi) is 20.4. The average Bonchev–Trinajstić information content (AvgIpc) is 0.771. The summed E-state index contributed by atoms with van der Waals surface area (Å²) < 4.78 is 139. The van der Waals surface area contributed by atoms with E-state index in [-0.39, 0.29) is 120 Å². The fourth-order valence-corrected chi connectivity index (χ4v) is 15.3. The zero-order valence-corrected chi connectivity index (χ0v) is 53.9. The lowest BCUT2D eigenvalue weighted by Gasteiger charge is -2.55. The van der Waals surface area contributed by atoms with Crippen LogP contribution in [0.3, 0.4) is 0 Å². The van der Waals surface area contributed by atoms with Crippen LogP contribution in [-0.2, 0) is 83.7 Å². The SMILES string of the molecule is CC1(CCCCCC(=O)ON2C(=O)CCC2=O)N(CCCS(=O)(=O)O)c2cccc3c(C4=C(O)C(=c5ccc6c7c(cccc57)N(CCCS(=O)(=O)O)C(C)(CCCCCC(=O)ON5C(=O)CCC5=O)[N+]=6CCCS(=O)(=O)O)C4=O)ccc(c23)N1CCCS(=O)(=O)O. The van der Waals surface area contributed by atoms with Gasteiger partial charge in [0, 0.05) is 101 Å². The third kappa shape index (κ3) is 15.1. The van der Waals surface area contributed by atoms with Crippen molar-refractivity contribution < 1.29 is 100 Å². The predicted octanol–water partition coefficient (Wildman–Crippen LogP) is 4.29. The van der Waals surface area contributed by atoms with Crippen LogP contribution in [0.1, 0.15) is 135 Å². The van der Waals surface area contributed by atoms with Gasteiger partial charge < -0.3 is 29.5 Å². The van der Waals surface area contributed by atoms with Gasteiger partial charge in [-0.3, -0.25) is 42.2 Å². The molecule has 2 fully saturated rings. The molecule has 4 heterocycles. The maximum Gasteiger partial charge on any atom is 0.333 e. The molecule has 9 rings (SSSR count). The lowest BCUT2D eigenvalue weighted by molar-refractivity contribution is -0.197. The molecule has 5 N–H and O–H groups in total. The second-order valence-electron chi connectivity index (χ2n) is 23.9. The summed E-state index contributed by atoms with van der Waals surface area (Å²) in [5.74, 6) is -7.53. The van der Waals surface area contributed by atoms with E-state index in [4.69, 9.17) is 9.68 Å². The zero-order valence-electron chi connectivity index (χ0n) is 50.7. The number of imide groups is 2. The van der Waals surface area contributed by atoms with Gasteiger partial charge in [-0.25, -0.2) is 14.2 Å². The Hall–Kier alpha value is -7.46. The summed E-state index contributed by atoms with van der Waals surface area (Å²) in [4.78, 5) is 105. The highest BCUT2D eigenvalue weighted by atomic mass is 32.2. The molecule has 2 atom stereocenters. The van der Waals surface area contributed by atoms with Crippen LogP contribution >= 0.6 is 0 Å². The van der Waals surface area contributed by atoms with Gasteiger partial charge in [-0.05, 0) is 104 Å². The standard InChI is InChI=1S/C60H72N6O22S4/c1-59(29-7-3-5-19-51(71)87-65-47(67)25-26-48(65)68)61(31-11-35-89(75,76)77)43-17-9-15-39-41(21-23-45(53(39)43)63(59)33-13-37-91(81,82)83)55-57(73)56(58(55)74)42-22-24-46-54-40(42)16-10-18-44(54)62(32-12-36-90(78,79)80)60(2,64(46)34-14-38-92(84,85)86)30-8-4-6-20-52(72)88-66-49(69)27-28-50(66)70/h9-10,15-18,21-24H,3-8,11-14,19-20,25-38H2,1-2H3,(H4-,73,74,75,76,77,78,79,80,81,82,83,84,85,86)/p+1. The Labute approximate surface area is 531 Å². The van der Waals surface area contributed by atoms with E-state index in [0.717, 1.165) is 0 Å². The molecule has 0 bridgehead atoms. The second kappa shape index (κ2) is 27.2. The van der Waals surface area contributed by atoms with E-state index in [9.17, 15) is 85.8 Å². The topological polar surface area (TPSA) is 395 Å². The molecule has 2 unspecified atom stereocenters. The number of anilines is 3. The van der Waals surface area contributed by atoms with Crippen LogP contribution in [0, 0.1) is 0 Å². The van der Waals surface area contributed by atoms with Crippen molar-refractivity contribution in [1.29, 1.82) is 0 Å². The minimum Gasteiger partial charge on any atom is -0.506 e. The van der Waals surface area contributed by atoms with E-state index in [0.29, 0.717) is 103 Å². The average molecular weight is 1360 g/mol. The van der Waals surface area contributed by atoms with Crippen LogP contribution in [0.25, 0.3) is 32.7 Å². The Bertz CT molecular complexity index is 4260. The first-order chi connectivity index (χ1) is 43.2. The summed E-state index contributed by atoms with van der Waals surface area (Å²) >= 11 is 0. The van der Waals surface area contributed by atoms with Crippen molar-refractivity contribution in [3.8, 4) is 0 Å². The molecule has 0 radical (unpaired) electrons. The number of aliphatic hydroxyl groups excluding tert-OH is 1. The number of aliphatic hydroxyl groups is 1. The number of amides is 4. The molecule has 92 heavy (non-hydrogen) atoms. The number of rotatable bonds is 31. The van der Waals surface area contributed by atoms with Crippen molar-refractivity contribution in [1.82, 2.24) is 14.7 Å². The largest absolute Gasteiger partial charge is 0.506 e. The molecule has 28 nitrogen and oxygen atoms in total. The van der Waals surface area contributed by atoms with Gasteiger partial charge in [-0.2, -0.15) is 33.7 Å². The van der Waals surface area contributed by atoms with Gasteiger partial charge in [0.1, 0.15) is 18.0 Å². The first kappa shape index (κ1) is 68.9. The Morgan fingerprint density at radius 1 is 0.500 bits per heavy atom. The van der Waals surface area contributed by atoms with Gasteiger partial charge in [-0.1, -0.05) is 43.2 Å². The molecular weight excluding hydrogens is 1280 g/mol. The van der Waals surface area contributed by atoms with Crippen molar-refractivity contribution in [3.63, 3.8) is 0 Å². The number of hydrogen-bond donors (Lipinski definition) is 5. The molecule has 498 valence electrons. The molecule has 2 saturated heterocycles. The summed E-state index contributed by atoms with van der Waals surface area (Å²) in [6.45, 7) is 3.77. The van der Waals surface area contributed by atoms with Gasteiger partial charge in [-0.15, -0.1) is 10.1 Å². The molecular formula is C60H73N6O22S4+. The Morgan fingerprint density at radius 3 is 1.43 bits per heavy atom. The predicted molar refractivity (Wildman–Crippen MR) is 335 cm³/mol. The lowest BCUT2D eigenvalue weighted by Crippen LogP contribution is -2.63. The molecule has 4 aromatic carbocycles. The monoisotopic (exact) mass is 1360 g/mol. The highest BCUT2D eigenvalue weighted by Gasteiger charge is 2.48. The molecule has 4 aliphatic heterocycles. The second-order valence-corrected chi connectivity index (χ2v) is 30.2. The summed E-state index contributed by atoms with van der Waals surface area (Å²) in [7, 11) is -17.9. The van der Waals surface area contributed by atoms with Gasteiger partial charge in [0.15, 0.2) is 0 Å². The van der Waals surface area contributed by atoms with Gasteiger partial charge >= 0.3 is 11.9 Å². The number of hydrogen-bond acceptors (Lipinski definition) is 21. The molecule has 0 aromatic heterocycles. The van der Waals surface area contributed by atoms with Crippen molar-refractivity contribution in [2.75, 3.05) is 63.9 Å². The van der Waals surface area contributed by atoms with E-state index in [2.05, 4.69) is 0 Å².